The van der Waals surface area contributed by atoms with E-state index in [2.05, 4.69) is 10.6 Å². The Morgan fingerprint density at radius 1 is 1.21 bits per heavy atom. The van der Waals surface area contributed by atoms with Crippen molar-refractivity contribution in [2.45, 2.75) is 26.3 Å². The van der Waals surface area contributed by atoms with Crippen molar-refractivity contribution >= 4 is 29.3 Å². The molecule has 2 aromatic carbocycles. The summed E-state index contributed by atoms with van der Waals surface area (Å²) >= 11 is 0. The van der Waals surface area contributed by atoms with Crippen LogP contribution >= 0.6 is 0 Å². The highest BCUT2D eigenvalue weighted by Gasteiger charge is 2.36. The number of nitrogens with zero attached hydrogens (tertiary/aromatic N) is 2. The predicted octanol–water partition coefficient (Wildman–Crippen LogP) is 3.77. The molecule has 1 aliphatic heterocycles. The second kappa shape index (κ2) is 9.94. The number of hydrogen-bond donors (Lipinski definition) is 2. The Bertz CT molecular complexity index is 1130. The molecule has 0 spiro atoms. The van der Waals surface area contributed by atoms with Crippen LogP contribution in [0, 0.1) is 10.1 Å². The first-order chi connectivity index (χ1) is 15.8. The average molecular weight is 452 g/mol. The standard InChI is InChI=1S/C23H24N4O6/c1-4-12-26-14(2)19(22(29)33-3)20(25-23(26)30)16-6-5-7-17(13-16)24-21(28)15-8-10-18(11-9-15)27(31)32/h5-11,13,20H,4,12H2,1-3H3,(H,24,28)(H,25,30)/t20-/m1/s1. The molecular weight excluding hydrogens is 428 g/mol. The van der Waals surface area contributed by atoms with Gasteiger partial charge in [0.15, 0.2) is 0 Å². The normalized spacial score (nSPS) is 15.7. The van der Waals surface area contributed by atoms with Gasteiger partial charge in [0, 0.05) is 35.6 Å². The number of esters is 1. The molecule has 0 radical (unpaired) electrons. The Hall–Kier alpha value is -4.21. The molecular formula is C23H24N4O6. The van der Waals surface area contributed by atoms with Crippen molar-refractivity contribution in [3.63, 3.8) is 0 Å². The third kappa shape index (κ3) is 5.00. The minimum absolute atomic E-state index is 0.115. The molecule has 33 heavy (non-hydrogen) atoms. The van der Waals surface area contributed by atoms with Crippen LogP contribution in [0.3, 0.4) is 0 Å². The summed E-state index contributed by atoms with van der Waals surface area (Å²) in [7, 11) is 1.28. The summed E-state index contributed by atoms with van der Waals surface area (Å²) in [6.45, 7) is 4.09. The molecule has 1 aliphatic rings. The summed E-state index contributed by atoms with van der Waals surface area (Å²) in [6.07, 6.45) is 0.716. The van der Waals surface area contributed by atoms with E-state index in [4.69, 9.17) is 4.74 Å². The van der Waals surface area contributed by atoms with Crippen LogP contribution in [0.15, 0.2) is 59.8 Å². The lowest BCUT2D eigenvalue weighted by Crippen LogP contribution is -2.48. The number of non-ortho nitro benzene ring substituents is 1. The topological polar surface area (TPSA) is 131 Å². The van der Waals surface area contributed by atoms with E-state index < -0.39 is 22.8 Å². The van der Waals surface area contributed by atoms with E-state index >= 15 is 0 Å². The van der Waals surface area contributed by atoms with Gasteiger partial charge in [-0.15, -0.1) is 0 Å². The van der Waals surface area contributed by atoms with Crippen LogP contribution in [0.25, 0.3) is 0 Å². The quantitative estimate of drug-likeness (QED) is 0.373. The summed E-state index contributed by atoms with van der Waals surface area (Å²) in [6, 6.07) is 10.9. The van der Waals surface area contributed by atoms with Crippen molar-refractivity contribution in [3.8, 4) is 0 Å². The Morgan fingerprint density at radius 2 is 1.91 bits per heavy atom. The zero-order valence-electron chi connectivity index (χ0n) is 18.5. The molecule has 1 atom stereocenters. The molecule has 3 amide bonds. The number of urea groups is 1. The number of methoxy groups -OCH3 is 1. The fourth-order valence-corrected chi connectivity index (χ4v) is 3.63. The van der Waals surface area contributed by atoms with Gasteiger partial charge in [0.05, 0.1) is 23.6 Å². The zero-order valence-corrected chi connectivity index (χ0v) is 18.5. The highest BCUT2D eigenvalue weighted by molar-refractivity contribution is 6.04. The van der Waals surface area contributed by atoms with Gasteiger partial charge in [-0.3, -0.25) is 19.8 Å². The third-order valence-corrected chi connectivity index (χ3v) is 5.27. The van der Waals surface area contributed by atoms with Gasteiger partial charge in [-0.1, -0.05) is 19.1 Å². The maximum absolute atomic E-state index is 12.7. The van der Waals surface area contributed by atoms with Crippen molar-refractivity contribution in [1.29, 1.82) is 0 Å². The van der Waals surface area contributed by atoms with Gasteiger partial charge in [0.25, 0.3) is 11.6 Å². The number of hydrogen-bond acceptors (Lipinski definition) is 6. The lowest BCUT2D eigenvalue weighted by molar-refractivity contribution is -0.384. The Morgan fingerprint density at radius 3 is 2.52 bits per heavy atom. The van der Waals surface area contributed by atoms with E-state index in [1.165, 1.54) is 36.3 Å². The monoisotopic (exact) mass is 452 g/mol. The van der Waals surface area contributed by atoms with Crippen LogP contribution in [-0.4, -0.2) is 41.4 Å². The molecule has 0 fully saturated rings. The number of carbonyl (C=O) groups is 3. The van der Waals surface area contributed by atoms with Crippen LogP contribution in [0.4, 0.5) is 16.2 Å². The minimum Gasteiger partial charge on any atom is -0.466 e. The Kier molecular flexibility index (Phi) is 7.07. The SMILES string of the molecule is CCCN1C(=O)N[C@H](c2cccc(NC(=O)c3ccc([N+](=O)[O-])cc3)c2)C(C(=O)OC)=C1C. The number of nitrogens with one attached hydrogen (secondary N) is 2. The van der Waals surface area contributed by atoms with Crippen molar-refractivity contribution in [2.75, 3.05) is 19.0 Å². The van der Waals surface area contributed by atoms with Crippen LogP contribution in [-0.2, 0) is 9.53 Å². The summed E-state index contributed by atoms with van der Waals surface area (Å²) in [5.41, 5.74) is 1.97. The molecule has 0 saturated carbocycles. The number of allylic oxidation sites excluding steroid dienone is 1. The number of rotatable bonds is 7. The van der Waals surface area contributed by atoms with Crippen molar-refractivity contribution in [1.82, 2.24) is 10.2 Å². The number of nitro groups is 1. The van der Waals surface area contributed by atoms with Gasteiger partial charge in [-0.2, -0.15) is 0 Å². The van der Waals surface area contributed by atoms with Gasteiger partial charge in [-0.05, 0) is 43.2 Å². The maximum atomic E-state index is 12.7. The van der Waals surface area contributed by atoms with E-state index in [1.54, 1.807) is 31.2 Å². The molecule has 0 saturated heterocycles. The number of anilines is 1. The first-order valence-electron chi connectivity index (χ1n) is 10.3. The number of benzene rings is 2. The first kappa shape index (κ1) is 23.5. The number of carbonyl (C=O) groups excluding carboxylic acids is 3. The second-order valence-electron chi connectivity index (χ2n) is 7.41. The fraction of sp³-hybridized carbons (Fsp3) is 0.261. The van der Waals surface area contributed by atoms with Gasteiger partial charge >= 0.3 is 12.0 Å². The molecule has 2 N–H and O–H groups in total. The van der Waals surface area contributed by atoms with Crippen LogP contribution in [0.2, 0.25) is 0 Å². The molecule has 0 aromatic heterocycles. The van der Waals surface area contributed by atoms with E-state index in [0.717, 1.165) is 0 Å². The first-order valence-corrected chi connectivity index (χ1v) is 10.3. The third-order valence-electron chi connectivity index (χ3n) is 5.27. The Labute approximate surface area is 190 Å². The van der Waals surface area contributed by atoms with Crippen LogP contribution < -0.4 is 10.6 Å². The fourth-order valence-electron chi connectivity index (χ4n) is 3.63. The predicted molar refractivity (Wildman–Crippen MR) is 120 cm³/mol. The van der Waals surface area contributed by atoms with E-state index in [0.29, 0.717) is 35.5 Å². The molecule has 3 rings (SSSR count). The van der Waals surface area contributed by atoms with Gasteiger partial charge < -0.3 is 15.4 Å². The molecule has 0 bridgehead atoms. The largest absolute Gasteiger partial charge is 0.466 e. The second-order valence-corrected chi connectivity index (χ2v) is 7.41. The lowest BCUT2D eigenvalue weighted by Gasteiger charge is -2.35. The van der Waals surface area contributed by atoms with Crippen molar-refractivity contribution in [2.24, 2.45) is 0 Å². The van der Waals surface area contributed by atoms with E-state index in [9.17, 15) is 24.5 Å². The zero-order chi connectivity index (χ0) is 24.1. The van der Waals surface area contributed by atoms with Gasteiger partial charge in [0.1, 0.15) is 0 Å². The smallest absolute Gasteiger partial charge is 0.337 e. The summed E-state index contributed by atoms with van der Waals surface area (Å²) in [5, 5.41) is 16.4. The van der Waals surface area contributed by atoms with Crippen molar-refractivity contribution in [3.05, 3.63) is 81.0 Å². The highest BCUT2D eigenvalue weighted by atomic mass is 16.6. The molecule has 10 nitrogen and oxygen atoms in total. The Balaban J connectivity index is 1.89. The number of amides is 3. The van der Waals surface area contributed by atoms with Crippen molar-refractivity contribution < 1.29 is 24.0 Å². The molecule has 0 aliphatic carbocycles. The molecule has 10 heteroatoms. The van der Waals surface area contributed by atoms with Crippen LogP contribution in [0.1, 0.15) is 42.2 Å². The van der Waals surface area contributed by atoms with Crippen LogP contribution in [0.5, 0.6) is 0 Å². The summed E-state index contributed by atoms with van der Waals surface area (Å²) in [4.78, 5) is 49.6. The summed E-state index contributed by atoms with van der Waals surface area (Å²) in [5.74, 6) is -1.01. The molecule has 0 unspecified atom stereocenters. The highest BCUT2D eigenvalue weighted by Crippen LogP contribution is 2.32. The summed E-state index contributed by atoms with van der Waals surface area (Å²) < 4.78 is 4.96. The molecule has 172 valence electrons. The lowest BCUT2D eigenvalue weighted by atomic mass is 9.94. The average Bonchev–Trinajstić information content (AvgIpc) is 2.81. The van der Waals surface area contributed by atoms with E-state index in [1.807, 2.05) is 6.92 Å². The maximum Gasteiger partial charge on any atom is 0.337 e. The molecule has 1 heterocycles. The van der Waals surface area contributed by atoms with Gasteiger partial charge in [-0.25, -0.2) is 9.59 Å². The van der Waals surface area contributed by atoms with Gasteiger partial charge in [0.2, 0.25) is 0 Å². The molecule has 2 aromatic rings. The van der Waals surface area contributed by atoms with E-state index in [-0.39, 0.29) is 17.3 Å². The number of ether oxygens (including phenoxy) is 1. The minimum atomic E-state index is -0.755. The number of nitro benzene ring substituents is 1.